The van der Waals surface area contributed by atoms with Crippen molar-refractivity contribution in [1.29, 1.82) is 0 Å². The summed E-state index contributed by atoms with van der Waals surface area (Å²) in [6.45, 7) is 7.05. The fourth-order valence-electron chi connectivity index (χ4n) is 1.76. The van der Waals surface area contributed by atoms with Gasteiger partial charge >= 0.3 is 5.69 Å². The van der Waals surface area contributed by atoms with Crippen LogP contribution in [0.2, 0.25) is 0 Å². The Morgan fingerprint density at radius 2 is 1.94 bits per heavy atom. The van der Waals surface area contributed by atoms with Gasteiger partial charge in [0.2, 0.25) is 0 Å². The second-order valence-corrected chi connectivity index (χ2v) is 5.13. The molecule has 0 radical (unpaired) electrons. The molecule has 0 bridgehead atoms. The average molecular weight is 270 g/mol. The van der Waals surface area contributed by atoms with E-state index in [0.717, 1.165) is 25.9 Å². The molecule has 100 valence electrons. The third kappa shape index (κ3) is 3.29. The number of ketones is 1. The highest BCUT2D eigenvalue weighted by Crippen LogP contribution is 2.38. The van der Waals surface area contributed by atoms with Crippen LogP contribution in [0.5, 0.6) is 0 Å². The van der Waals surface area contributed by atoms with E-state index in [2.05, 4.69) is 0 Å². The molecule has 0 fully saturated rings. The minimum atomic E-state index is -0.406. The van der Waals surface area contributed by atoms with Gasteiger partial charge < -0.3 is 4.90 Å². The number of nitrogens with zero attached hydrogens (tertiary/aromatic N) is 2. The Morgan fingerprint density at radius 3 is 2.33 bits per heavy atom. The highest BCUT2D eigenvalue weighted by Gasteiger charge is 2.24. The van der Waals surface area contributed by atoms with Gasteiger partial charge in [0.1, 0.15) is 0 Å². The average Bonchev–Trinajstić information content (AvgIpc) is 2.73. The van der Waals surface area contributed by atoms with Gasteiger partial charge in [-0.3, -0.25) is 14.9 Å². The maximum Gasteiger partial charge on any atom is 0.304 e. The third-order valence-corrected chi connectivity index (χ3v) is 3.80. The van der Waals surface area contributed by atoms with E-state index in [1.54, 1.807) is 0 Å². The highest BCUT2D eigenvalue weighted by molar-refractivity contribution is 7.18. The van der Waals surface area contributed by atoms with Crippen molar-refractivity contribution in [3.05, 3.63) is 21.1 Å². The zero-order valence-corrected chi connectivity index (χ0v) is 11.7. The lowest BCUT2D eigenvalue weighted by Crippen LogP contribution is -2.24. The molecule has 0 spiro atoms. The summed E-state index contributed by atoms with van der Waals surface area (Å²) in [5.74, 6) is -0.123. The minimum absolute atomic E-state index is 0.0482. The van der Waals surface area contributed by atoms with Gasteiger partial charge in [-0.25, -0.2) is 0 Å². The molecule has 18 heavy (non-hydrogen) atoms. The van der Waals surface area contributed by atoms with E-state index >= 15 is 0 Å². The van der Waals surface area contributed by atoms with E-state index in [1.807, 2.05) is 18.7 Å². The summed E-state index contributed by atoms with van der Waals surface area (Å²) in [5.41, 5.74) is 0.0482. The van der Waals surface area contributed by atoms with Crippen LogP contribution in [0.4, 0.5) is 10.7 Å². The van der Waals surface area contributed by atoms with Crippen molar-refractivity contribution in [3.8, 4) is 0 Å². The number of carbonyl (C=O) groups excluding carboxylic acids is 1. The van der Waals surface area contributed by atoms with Gasteiger partial charge in [0.05, 0.1) is 9.80 Å². The van der Waals surface area contributed by atoms with Crippen molar-refractivity contribution >= 4 is 27.8 Å². The lowest BCUT2D eigenvalue weighted by Gasteiger charge is -2.20. The number of nitro groups is 1. The molecule has 0 saturated heterocycles. The van der Waals surface area contributed by atoms with Gasteiger partial charge in [-0.15, -0.1) is 11.3 Å². The highest BCUT2D eigenvalue weighted by atomic mass is 32.1. The molecule has 6 heteroatoms. The van der Waals surface area contributed by atoms with Crippen molar-refractivity contribution in [2.24, 2.45) is 0 Å². The monoisotopic (exact) mass is 270 g/mol. The van der Waals surface area contributed by atoms with E-state index in [4.69, 9.17) is 0 Å². The van der Waals surface area contributed by atoms with Crippen LogP contribution in [0.3, 0.4) is 0 Å². The van der Waals surface area contributed by atoms with Gasteiger partial charge in [0, 0.05) is 19.2 Å². The summed E-state index contributed by atoms with van der Waals surface area (Å²) in [6, 6.07) is 1.39. The third-order valence-electron chi connectivity index (χ3n) is 2.51. The Bertz CT molecular complexity index is 437. The van der Waals surface area contributed by atoms with Crippen LogP contribution in [-0.2, 0) is 0 Å². The van der Waals surface area contributed by atoms with Gasteiger partial charge in [-0.1, -0.05) is 13.8 Å². The Labute approximate surface area is 111 Å². The summed E-state index contributed by atoms with van der Waals surface area (Å²) in [5, 5.41) is 11.7. The maximum absolute atomic E-state index is 11.3. The van der Waals surface area contributed by atoms with Crippen LogP contribution in [0.15, 0.2) is 6.07 Å². The number of Topliss-reactive ketones (excluding diaryl/α,β-unsaturated/α-hetero) is 1. The summed E-state index contributed by atoms with van der Waals surface area (Å²) in [7, 11) is 0. The Balaban J connectivity index is 3.17. The molecule has 0 unspecified atom stereocenters. The van der Waals surface area contributed by atoms with E-state index in [9.17, 15) is 14.9 Å². The van der Waals surface area contributed by atoms with Crippen LogP contribution in [0.1, 0.15) is 43.3 Å². The van der Waals surface area contributed by atoms with Crippen LogP contribution < -0.4 is 4.90 Å². The molecule has 0 aliphatic heterocycles. The lowest BCUT2D eigenvalue weighted by molar-refractivity contribution is -0.383. The molecule has 0 aromatic carbocycles. The first-order chi connectivity index (χ1) is 8.51. The molecule has 0 N–H and O–H groups in total. The minimum Gasteiger partial charge on any atom is -0.358 e. The van der Waals surface area contributed by atoms with E-state index < -0.39 is 4.92 Å². The van der Waals surface area contributed by atoms with Crippen molar-refractivity contribution in [1.82, 2.24) is 0 Å². The normalized spacial score (nSPS) is 10.4. The van der Waals surface area contributed by atoms with Crippen molar-refractivity contribution in [3.63, 3.8) is 0 Å². The molecule has 1 heterocycles. The van der Waals surface area contributed by atoms with Crippen molar-refractivity contribution in [2.75, 3.05) is 18.0 Å². The van der Waals surface area contributed by atoms with Crippen LogP contribution in [0, 0.1) is 10.1 Å². The van der Waals surface area contributed by atoms with E-state index in [0.29, 0.717) is 9.88 Å². The van der Waals surface area contributed by atoms with Gasteiger partial charge in [-0.2, -0.15) is 0 Å². The molecule has 1 aromatic heterocycles. The largest absolute Gasteiger partial charge is 0.358 e. The Kier molecular flexibility index (Phi) is 5.27. The molecule has 0 aliphatic carbocycles. The van der Waals surface area contributed by atoms with Crippen molar-refractivity contribution in [2.45, 2.75) is 33.6 Å². The molecular formula is C12H18N2O3S. The predicted octanol–water partition coefficient (Wildman–Crippen LogP) is 3.49. The maximum atomic E-state index is 11.3. The SMILES string of the molecule is CCCN(CCC)c1sc(C(C)=O)cc1[N+](=O)[O-]. The summed E-state index contributed by atoms with van der Waals surface area (Å²) in [6.07, 6.45) is 1.84. The molecular weight excluding hydrogens is 252 g/mol. The fraction of sp³-hybridized carbons (Fsp3) is 0.583. The zero-order chi connectivity index (χ0) is 13.7. The quantitative estimate of drug-likeness (QED) is 0.432. The van der Waals surface area contributed by atoms with Gasteiger partial charge in [0.25, 0.3) is 0 Å². The van der Waals surface area contributed by atoms with Crippen molar-refractivity contribution < 1.29 is 9.72 Å². The summed E-state index contributed by atoms with van der Waals surface area (Å²) >= 11 is 1.22. The van der Waals surface area contributed by atoms with E-state index in [-0.39, 0.29) is 11.5 Å². The number of carbonyl (C=O) groups is 1. The smallest absolute Gasteiger partial charge is 0.304 e. The molecule has 0 amide bonds. The Morgan fingerprint density at radius 1 is 1.39 bits per heavy atom. The molecule has 1 aromatic rings. The second-order valence-electron chi connectivity index (χ2n) is 4.10. The second kappa shape index (κ2) is 6.49. The first-order valence-electron chi connectivity index (χ1n) is 6.05. The van der Waals surface area contributed by atoms with E-state index in [1.165, 1.54) is 24.3 Å². The van der Waals surface area contributed by atoms with Crippen LogP contribution >= 0.6 is 11.3 Å². The van der Waals surface area contributed by atoms with Crippen LogP contribution in [0.25, 0.3) is 0 Å². The molecule has 0 saturated carbocycles. The van der Waals surface area contributed by atoms with Crippen LogP contribution in [-0.4, -0.2) is 23.8 Å². The summed E-state index contributed by atoms with van der Waals surface area (Å²) in [4.78, 5) is 24.4. The first-order valence-corrected chi connectivity index (χ1v) is 6.87. The molecule has 1 rings (SSSR count). The number of hydrogen-bond acceptors (Lipinski definition) is 5. The topological polar surface area (TPSA) is 63.5 Å². The number of hydrogen-bond donors (Lipinski definition) is 0. The standard InChI is InChI=1S/C12H18N2O3S/c1-4-6-13(7-5-2)12-10(14(16)17)8-11(18-12)9(3)15/h8H,4-7H2,1-3H3. The predicted molar refractivity (Wildman–Crippen MR) is 73.8 cm³/mol. The summed E-state index contributed by atoms with van der Waals surface area (Å²) < 4.78 is 0. The number of thiophene rings is 1. The number of rotatable bonds is 7. The molecule has 5 nitrogen and oxygen atoms in total. The lowest BCUT2D eigenvalue weighted by atomic mass is 10.3. The fourth-order valence-corrected chi connectivity index (χ4v) is 2.83. The first kappa shape index (κ1) is 14.6. The Hall–Kier alpha value is -1.43. The zero-order valence-electron chi connectivity index (χ0n) is 10.9. The molecule has 0 atom stereocenters. The molecule has 0 aliphatic rings. The number of anilines is 1. The van der Waals surface area contributed by atoms with Gasteiger partial charge in [0.15, 0.2) is 10.8 Å². The van der Waals surface area contributed by atoms with Gasteiger partial charge in [-0.05, 0) is 19.8 Å².